The largest absolute Gasteiger partial charge is 0.501 e. The highest BCUT2D eigenvalue weighted by Gasteiger charge is 2.15. The standard InChI is InChI=1S/C12H23NO/c1-3-6-12(13-8-4-2)11-7-5-9-14-10-11/h10,12-13H,3-9H2,1-2H3. The van der Waals surface area contributed by atoms with Gasteiger partial charge in [-0.1, -0.05) is 20.3 Å². The summed E-state index contributed by atoms with van der Waals surface area (Å²) < 4.78 is 5.39. The Balaban J connectivity index is 2.42. The molecule has 0 bridgehead atoms. The molecule has 82 valence electrons. The molecule has 1 N–H and O–H groups in total. The minimum atomic E-state index is 0.556. The third-order valence-electron chi connectivity index (χ3n) is 2.63. The molecule has 1 heterocycles. The molecule has 1 atom stereocenters. The Kier molecular flexibility index (Phi) is 5.69. The summed E-state index contributed by atoms with van der Waals surface area (Å²) in [7, 11) is 0. The van der Waals surface area contributed by atoms with E-state index in [0.29, 0.717) is 6.04 Å². The van der Waals surface area contributed by atoms with Gasteiger partial charge in [0, 0.05) is 6.04 Å². The van der Waals surface area contributed by atoms with Gasteiger partial charge in [0.1, 0.15) is 0 Å². The van der Waals surface area contributed by atoms with Gasteiger partial charge < -0.3 is 10.1 Å². The number of rotatable bonds is 6. The van der Waals surface area contributed by atoms with E-state index < -0.39 is 0 Å². The highest BCUT2D eigenvalue weighted by atomic mass is 16.5. The maximum Gasteiger partial charge on any atom is 0.0876 e. The highest BCUT2D eigenvalue weighted by Crippen LogP contribution is 2.18. The lowest BCUT2D eigenvalue weighted by atomic mass is 9.98. The van der Waals surface area contributed by atoms with Gasteiger partial charge in [-0.15, -0.1) is 0 Å². The summed E-state index contributed by atoms with van der Waals surface area (Å²) in [5, 5.41) is 3.59. The van der Waals surface area contributed by atoms with E-state index in [4.69, 9.17) is 4.74 Å². The average Bonchev–Trinajstić information content (AvgIpc) is 2.25. The first-order valence-corrected chi connectivity index (χ1v) is 5.92. The van der Waals surface area contributed by atoms with Crippen LogP contribution in [-0.2, 0) is 4.74 Å². The third-order valence-corrected chi connectivity index (χ3v) is 2.63. The summed E-state index contributed by atoms with van der Waals surface area (Å²) in [4.78, 5) is 0. The van der Waals surface area contributed by atoms with E-state index in [2.05, 4.69) is 19.2 Å². The summed E-state index contributed by atoms with van der Waals surface area (Å²) in [6.07, 6.45) is 8.04. The van der Waals surface area contributed by atoms with Crippen molar-refractivity contribution in [2.45, 2.75) is 52.0 Å². The van der Waals surface area contributed by atoms with Crippen LogP contribution in [0.3, 0.4) is 0 Å². The third kappa shape index (κ3) is 3.70. The Bertz CT molecular complexity index is 177. The topological polar surface area (TPSA) is 21.3 Å². The molecule has 0 spiro atoms. The zero-order chi connectivity index (χ0) is 10.2. The van der Waals surface area contributed by atoms with Crippen molar-refractivity contribution >= 4 is 0 Å². The van der Waals surface area contributed by atoms with Crippen LogP contribution in [0.1, 0.15) is 46.0 Å². The van der Waals surface area contributed by atoms with Crippen LogP contribution < -0.4 is 5.32 Å². The molecule has 0 radical (unpaired) electrons. The Morgan fingerprint density at radius 2 is 2.29 bits per heavy atom. The van der Waals surface area contributed by atoms with E-state index in [-0.39, 0.29) is 0 Å². The van der Waals surface area contributed by atoms with Crippen molar-refractivity contribution in [1.29, 1.82) is 0 Å². The monoisotopic (exact) mass is 197 g/mol. The summed E-state index contributed by atoms with van der Waals surface area (Å²) in [5.41, 5.74) is 1.46. The van der Waals surface area contributed by atoms with Gasteiger partial charge in [0.05, 0.1) is 12.9 Å². The maximum atomic E-state index is 5.39. The SMILES string of the molecule is CCCNC(CCC)C1=COCCC1. The fourth-order valence-electron chi connectivity index (χ4n) is 1.87. The van der Waals surface area contributed by atoms with Crippen LogP contribution in [0.2, 0.25) is 0 Å². The molecule has 1 aliphatic heterocycles. The maximum absolute atomic E-state index is 5.39. The first-order chi connectivity index (χ1) is 6.88. The second-order valence-electron chi connectivity index (χ2n) is 3.96. The number of nitrogens with one attached hydrogen (secondary N) is 1. The van der Waals surface area contributed by atoms with Gasteiger partial charge in [-0.25, -0.2) is 0 Å². The fraction of sp³-hybridized carbons (Fsp3) is 0.833. The fourth-order valence-corrected chi connectivity index (χ4v) is 1.87. The Hall–Kier alpha value is -0.500. The van der Waals surface area contributed by atoms with Crippen molar-refractivity contribution in [1.82, 2.24) is 5.32 Å². The zero-order valence-electron chi connectivity index (χ0n) is 9.51. The van der Waals surface area contributed by atoms with Crippen LogP contribution in [0, 0.1) is 0 Å². The second kappa shape index (κ2) is 6.88. The number of hydrogen-bond acceptors (Lipinski definition) is 2. The first kappa shape index (κ1) is 11.6. The molecule has 1 rings (SSSR count). The van der Waals surface area contributed by atoms with Crippen molar-refractivity contribution in [3.63, 3.8) is 0 Å². The van der Waals surface area contributed by atoms with Crippen molar-refractivity contribution in [3.8, 4) is 0 Å². The molecular formula is C12H23NO. The quantitative estimate of drug-likeness (QED) is 0.707. The van der Waals surface area contributed by atoms with E-state index in [0.717, 1.165) is 13.2 Å². The lowest BCUT2D eigenvalue weighted by Gasteiger charge is -2.23. The van der Waals surface area contributed by atoms with Crippen LogP contribution in [0.15, 0.2) is 11.8 Å². The van der Waals surface area contributed by atoms with Gasteiger partial charge in [-0.05, 0) is 37.8 Å². The molecule has 2 nitrogen and oxygen atoms in total. The van der Waals surface area contributed by atoms with Crippen molar-refractivity contribution in [3.05, 3.63) is 11.8 Å². The highest BCUT2D eigenvalue weighted by molar-refractivity contribution is 5.09. The second-order valence-corrected chi connectivity index (χ2v) is 3.96. The molecule has 0 aromatic heterocycles. The lowest BCUT2D eigenvalue weighted by Crippen LogP contribution is -2.32. The molecule has 1 unspecified atom stereocenters. The lowest BCUT2D eigenvalue weighted by molar-refractivity contribution is 0.218. The van der Waals surface area contributed by atoms with E-state index in [9.17, 15) is 0 Å². The van der Waals surface area contributed by atoms with Crippen molar-refractivity contribution in [2.75, 3.05) is 13.2 Å². The average molecular weight is 197 g/mol. The molecule has 1 aliphatic rings. The first-order valence-electron chi connectivity index (χ1n) is 5.92. The van der Waals surface area contributed by atoms with Gasteiger partial charge in [0.25, 0.3) is 0 Å². The molecule has 0 saturated heterocycles. The van der Waals surface area contributed by atoms with E-state index >= 15 is 0 Å². The molecule has 0 aromatic carbocycles. The molecule has 0 amide bonds. The Morgan fingerprint density at radius 1 is 1.43 bits per heavy atom. The molecular weight excluding hydrogens is 174 g/mol. The van der Waals surface area contributed by atoms with E-state index in [1.807, 2.05) is 6.26 Å². The van der Waals surface area contributed by atoms with Crippen LogP contribution in [0.25, 0.3) is 0 Å². The molecule has 0 saturated carbocycles. The molecule has 2 heteroatoms. The van der Waals surface area contributed by atoms with Crippen molar-refractivity contribution < 1.29 is 4.74 Å². The van der Waals surface area contributed by atoms with Crippen LogP contribution in [-0.4, -0.2) is 19.2 Å². The zero-order valence-corrected chi connectivity index (χ0v) is 9.51. The van der Waals surface area contributed by atoms with Gasteiger partial charge in [-0.3, -0.25) is 0 Å². The van der Waals surface area contributed by atoms with Crippen LogP contribution in [0.4, 0.5) is 0 Å². The number of ether oxygens (including phenoxy) is 1. The normalized spacial score (nSPS) is 18.6. The minimum Gasteiger partial charge on any atom is -0.501 e. The van der Waals surface area contributed by atoms with Gasteiger partial charge in [0.2, 0.25) is 0 Å². The molecule has 0 fully saturated rings. The Morgan fingerprint density at radius 3 is 2.86 bits per heavy atom. The number of hydrogen-bond donors (Lipinski definition) is 1. The predicted molar refractivity (Wildman–Crippen MR) is 60.3 cm³/mol. The van der Waals surface area contributed by atoms with Crippen LogP contribution >= 0.6 is 0 Å². The van der Waals surface area contributed by atoms with Gasteiger partial charge in [0.15, 0.2) is 0 Å². The van der Waals surface area contributed by atoms with Crippen molar-refractivity contribution in [2.24, 2.45) is 0 Å². The summed E-state index contributed by atoms with van der Waals surface area (Å²) in [6.45, 7) is 6.46. The smallest absolute Gasteiger partial charge is 0.0876 e. The minimum absolute atomic E-state index is 0.556. The predicted octanol–water partition coefficient (Wildman–Crippen LogP) is 2.85. The summed E-state index contributed by atoms with van der Waals surface area (Å²) >= 11 is 0. The molecule has 0 aromatic rings. The van der Waals surface area contributed by atoms with E-state index in [1.165, 1.54) is 37.7 Å². The molecule has 14 heavy (non-hydrogen) atoms. The van der Waals surface area contributed by atoms with Gasteiger partial charge >= 0.3 is 0 Å². The summed E-state index contributed by atoms with van der Waals surface area (Å²) in [6, 6.07) is 0.556. The Labute approximate surface area is 87.7 Å². The summed E-state index contributed by atoms with van der Waals surface area (Å²) in [5.74, 6) is 0. The van der Waals surface area contributed by atoms with Gasteiger partial charge in [-0.2, -0.15) is 0 Å². The van der Waals surface area contributed by atoms with Crippen LogP contribution in [0.5, 0.6) is 0 Å². The van der Waals surface area contributed by atoms with E-state index in [1.54, 1.807) is 0 Å². The molecule has 0 aliphatic carbocycles.